The lowest BCUT2D eigenvalue weighted by atomic mass is 9.83. The molecule has 0 aliphatic carbocycles. The Kier molecular flexibility index (Phi) is 5.68. The van der Waals surface area contributed by atoms with Gasteiger partial charge in [-0.05, 0) is 49.7 Å². The maximum atomic E-state index is 11.5. The van der Waals surface area contributed by atoms with Gasteiger partial charge in [-0.2, -0.15) is 0 Å². The highest BCUT2D eigenvalue weighted by atomic mass is 16.5. The van der Waals surface area contributed by atoms with Crippen molar-refractivity contribution in [2.45, 2.75) is 19.3 Å². The van der Waals surface area contributed by atoms with E-state index >= 15 is 0 Å². The fourth-order valence-electron chi connectivity index (χ4n) is 2.32. The van der Waals surface area contributed by atoms with Gasteiger partial charge in [0, 0.05) is 12.2 Å². The van der Waals surface area contributed by atoms with Crippen molar-refractivity contribution < 1.29 is 19.4 Å². The quantitative estimate of drug-likeness (QED) is 0.725. The topological polar surface area (TPSA) is 67.8 Å². The first-order chi connectivity index (χ1) is 11.4. The molecular weight excluding hydrogens is 306 g/mol. The summed E-state index contributed by atoms with van der Waals surface area (Å²) in [5.41, 5.74) is 0.602. The number of para-hydroxylation sites is 1. The summed E-state index contributed by atoms with van der Waals surface area (Å²) in [6, 6.07) is 14.8. The van der Waals surface area contributed by atoms with Crippen molar-refractivity contribution in [2.75, 3.05) is 25.6 Å². The molecule has 0 bridgehead atoms. The molecule has 24 heavy (non-hydrogen) atoms. The van der Waals surface area contributed by atoms with Crippen LogP contribution < -0.4 is 14.8 Å². The SMILES string of the molecule is COc1ccc(OCCNc2ccccc2C(C)(C)C(=O)O)cc1. The Labute approximate surface area is 142 Å². The van der Waals surface area contributed by atoms with Crippen molar-refractivity contribution in [3.8, 4) is 11.5 Å². The van der Waals surface area contributed by atoms with Gasteiger partial charge in [0.05, 0.1) is 12.5 Å². The molecule has 128 valence electrons. The van der Waals surface area contributed by atoms with Crippen molar-refractivity contribution >= 4 is 11.7 Å². The molecule has 0 heterocycles. The van der Waals surface area contributed by atoms with Crippen LogP contribution >= 0.6 is 0 Å². The summed E-state index contributed by atoms with van der Waals surface area (Å²) in [5, 5.41) is 12.7. The summed E-state index contributed by atoms with van der Waals surface area (Å²) < 4.78 is 10.8. The lowest BCUT2D eigenvalue weighted by Crippen LogP contribution is -2.29. The molecule has 0 aromatic heterocycles. The van der Waals surface area contributed by atoms with Gasteiger partial charge < -0.3 is 19.9 Å². The average Bonchev–Trinajstić information content (AvgIpc) is 2.59. The Balaban J connectivity index is 1.94. The molecular formula is C19H23NO4. The summed E-state index contributed by atoms with van der Waals surface area (Å²) in [4.78, 5) is 11.5. The van der Waals surface area contributed by atoms with E-state index in [1.807, 2.05) is 48.5 Å². The van der Waals surface area contributed by atoms with Crippen molar-refractivity contribution in [3.63, 3.8) is 0 Å². The number of aliphatic carboxylic acids is 1. The zero-order valence-electron chi connectivity index (χ0n) is 14.2. The lowest BCUT2D eigenvalue weighted by molar-refractivity contribution is -0.142. The number of benzene rings is 2. The van der Waals surface area contributed by atoms with Gasteiger partial charge in [-0.3, -0.25) is 4.79 Å². The van der Waals surface area contributed by atoms with Gasteiger partial charge in [-0.25, -0.2) is 0 Å². The summed E-state index contributed by atoms with van der Waals surface area (Å²) in [6.45, 7) is 4.43. The van der Waals surface area contributed by atoms with Crippen LogP contribution in [-0.2, 0) is 10.2 Å². The molecule has 2 N–H and O–H groups in total. The van der Waals surface area contributed by atoms with Crippen molar-refractivity contribution in [2.24, 2.45) is 0 Å². The fourth-order valence-corrected chi connectivity index (χ4v) is 2.32. The molecule has 0 fully saturated rings. The van der Waals surface area contributed by atoms with Crippen molar-refractivity contribution in [1.29, 1.82) is 0 Å². The van der Waals surface area contributed by atoms with Crippen LogP contribution in [0.2, 0.25) is 0 Å². The average molecular weight is 329 g/mol. The van der Waals surface area contributed by atoms with Crippen LogP contribution in [0, 0.1) is 0 Å². The van der Waals surface area contributed by atoms with Gasteiger partial charge in [-0.1, -0.05) is 18.2 Å². The molecule has 0 radical (unpaired) electrons. The first-order valence-corrected chi connectivity index (χ1v) is 7.79. The van der Waals surface area contributed by atoms with Gasteiger partial charge in [0.1, 0.15) is 18.1 Å². The number of carboxylic acid groups (broad SMARTS) is 1. The summed E-state index contributed by atoms with van der Waals surface area (Å²) in [6.07, 6.45) is 0. The van der Waals surface area contributed by atoms with Gasteiger partial charge in [0.25, 0.3) is 0 Å². The van der Waals surface area contributed by atoms with Crippen molar-refractivity contribution in [3.05, 3.63) is 54.1 Å². The van der Waals surface area contributed by atoms with Gasteiger partial charge in [-0.15, -0.1) is 0 Å². The minimum Gasteiger partial charge on any atom is -0.497 e. The van der Waals surface area contributed by atoms with Crippen LogP contribution in [0.5, 0.6) is 11.5 Å². The molecule has 2 aromatic rings. The Bertz CT molecular complexity index is 680. The third-order valence-electron chi connectivity index (χ3n) is 3.88. The molecule has 2 aromatic carbocycles. The first-order valence-electron chi connectivity index (χ1n) is 7.79. The van der Waals surface area contributed by atoms with E-state index in [0.29, 0.717) is 13.2 Å². The Hall–Kier alpha value is -2.69. The number of methoxy groups -OCH3 is 1. The molecule has 0 saturated carbocycles. The van der Waals surface area contributed by atoms with Crippen LogP contribution in [-0.4, -0.2) is 31.3 Å². The predicted molar refractivity (Wildman–Crippen MR) is 94.1 cm³/mol. The number of carbonyl (C=O) groups is 1. The molecule has 0 aliphatic heterocycles. The zero-order chi connectivity index (χ0) is 17.6. The molecule has 5 heteroatoms. The Morgan fingerprint density at radius 1 is 1.08 bits per heavy atom. The molecule has 0 atom stereocenters. The number of anilines is 1. The number of hydrogen-bond acceptors (Lipinski definition) is 4. The Morgan fingerprint density at radius 3 is 2.33 bits per heavy atom. The smallest absolute Gasteiger partial charge is 0.313 e. The summed E-state index contributed by atoms with van der Waals surface area (Å²) >= 11 is 0. The standard InChI is InChI=1S/C19H23NO4/c1-19(2,18(21)22)16-6-4-5-7-17(16)20-12-13-24-15-10-8-14(23-3)9-11-15/h4-11,20H,12-13H2,1-3H3,(H,21,22). The highest BCUT2D eigenvalue weighted by Crippen LogP contribution is 2.30. The second kappa shape index (κ2) is 7.73. The Morgan fingerprint density at radius 2 is 1.71 bits per heavy atom. The maximum Gasteiger partial charge on any atom is 0.313 e. The minimum absolute atomic E-state index is 0.466. The molecule has 0 unspecified atom stereocenters. The number of rotatable bonds is 8. The van der Waals surface area contributed by atoms with Crippen LogP contribution in [0.25, 0.3) is 0 Å². The van der Waals surface area contributed by atoms with Gasteiger partial charge in [0.2, 0.25) is 0 Å². The third kappa shape index (κ3) is 4.19. The first kappa shape index (κ1) is 17.7. The van der Waals surface area contributed by atoms with E-state index < -0.39 is 11.4 Å². The molecule has 0 spiro atoms. The second-order valence-electron chi connectivity index (χ2n) is 5.93. The van der Waals surface area contributed by atoms with E-state index in [1.54, 1.807) is 21.0 Å². The van der Waals surface area contributed by atoms with Gasteiger partial charge >= 0.3 is 5.97 Å². The monoisotopic (exact) mass is 329 g/mol. The largest absolute Gasteiger partial charge is 0.497 e. The van der Waals surface area contributed by atoms with Crippen LogP contribution in [0.4, 0.5) is 5.69 Å². The van der Waals surface area contributed by atoms with Crippen LogP contribution in [0.1, 0.15) is 19.4 Å². The fraction of sp³-hybridized carbons (Fsp3) is 0.316. The normalized spacial score (nSPS) is 11.0. The van der Waals surface area contributed by atoms with E-state index in [4.69, 9.17) is 9.47 Å². The highest BCUT2D eigenvalue weighted by molar-refractivity contribution is 5.83. The van der Waals surface area contributed by atoms with E-state index in [0.717, 1.165) is 22.7 Å². The number of ether oxygens (including phenoxy) is 2. The van der Waals surface area contributed by atoms with E-state index in [2.05, 4.69) is 5.32 Å². The maximum absolute atomic E-state index is 11.5. The van der Waals surface area contributed by atoms with Crippen LogP contribution in [0.3, 0.4) is 0 Å². The number of nitrogens with one attached hydrogen (secondary N) is 1. The van der Waals surface area contributed by atoms with E-state index in [1.165, 1.54) is 0 Å². The lowest BCUT2D eigenvalue weighted by Gasteiger charge is -2.23. The number of carboxylic acids is 1. The molecule has 0 amide bonds. The third-order valence-corrected chi connectivity index (χ3v) is 3.88. The molecule has 2 rings (SSSR count). The van der Waals surface area contributed by atoms with Gasteiger partial charge in [0.15, 0.2) is 0 Å². The van der Waals surface area contributed by atoms with E-state index in [9.17, 15) is 9.90 Å². The summed E-state index contributed by atoms with van der Waals surface area (Å²) in [5.74, 6) is 0.688. The predicted octanol–water partition coefficient (Wildman–Crippen LogP) is 3.55. The minimum atomic E-state index is -0.958. The molecule has 5 nitrogen and oxygen atoms in total. The van der Waals surface area contributed by atoms with Crippen LogP contribution in [0.15, 0.2) is 48.5 Å². The zero-order valence-corrected chi connectivity index (χ0v) is 14.2. The molecule has 0 aliphatic rings. The summed E-state index contributed by atoms with van der Waals surface area (Å²) in [7, 11) is 1.62. The molecule has 0 saturated heterocycles. The van der Waals surface area contributed by atoms with Crippen molar-refractivity contribution in [1.82, 2.24) is 0 Å². The number of hydrogen-bond donors (Lipinski definition) is 2. The highest BCUT2D eigenvalue weighted by Gasteiger charge is 2.31. The second-order valence-corrected chi connectivity index (χ2v) is 5.93. The van der Waals surface area contributed by atoms with E-state index in [-0.39, 0.29) is 0 Å².